The lowest BCUT2D eigenvalue weighted by molar-refractivity contribution is -0.155. The van der Waals surface area contributed by atoms with Gasteiger partial charge in [-0.3, -0.25) is 25.0 Å². The summed E-state index contributed by atoms with van der Waals surface area (Å²) in [6.07, 6.45) is 9.11. The number of hydrogen-bond acceptors (Lipinski definition) is 7. The first-order chi connectivity index (χ1) is 16.7. The van der Waals surface area contributed by atoms with Gasteiger partial charge in [-0.25, -0.2) is 5.48 Å². The van der Waals surface area contributed by atoms with Gasteiger partial charge < -0.3 is 9.47 Å². The van der Waals surface area contributed by atoms with Gasteiger partial charge in [-0.2, -0.15) is 0 Å². The van der Waals surface area contributed by atoms with Gasteiger partial charge in [0, 0.05) is 18.7 Å². The molecule has 2 fully saturated rings. The highest BCUT2D eigenvalue weighted by Crippen LogP contribution is 2.22. The van der Waals surface area contributed by atoms with Crippen LogP contribution in [0.15, 0.2) is 30.3 Å². The monoisotopic (exact) mass is 487 g/mol. The van der Waals surface area contributed by atoms with E-state index in [2.05, 4.69) is 22.3 Å². The number of benzene rings is 1. The number of ether oxygens (including phenoxy) is 2. The molecule has 194 valence electrons. The average Bonchev–Trinajstić information content (AvgIpc) is 3.34. The summed E-state index contributed by atoms with van der Waals surface area (Å²) in [7, 11) is 0. The summed E-state index contributed by atoms with van der Waals surface area (Å²) in [6.45, 7) is 9.06. The molecule has 0 bridgehead atoms. The zero-order chi connectivity index (χ0) is 25.3. The largest absolute Gasteiger partial charge is 0.461 e. The minimum atomic E-state index is -0.551. The number of rotatable bonds is 10. The summed E-state index contributed by atoms with van der Waals surface area (Å²) >= 11 is 0. The second kappa shape index (κ2) is 13.2. The first kappa shape index (κ1) is 27.3. The van der Waals surface area contributed by atoms with E-state index in [1.165, 1.54) is 11.6 Å². The van der Waals surface area contributed by atoms with Crippen molar-refractivity contribution in [3.05, 3.63) is 41.5 Å². The van der Waals surface area contributed by atoms with E-state index >= 15 is 0 Å². The van der Waals surface area contributed by atoms with Crippen LogP contribution in [-0.2, 0) is 25.6 Å². The quantitative estimate of drug-likeness (QED) is 0.201. The predicted molar refractivity (Wildman–Crippen MR) is 135 cm³/mol. The molecule has 0 spiro atoms. The van der Waals surface area contributed by atoms with Crippen molar-refractivity contribution in [1.82, 2.24) is 15.7 Å². The Bertz CT molecular complexity index is 835. The minimum Gasteiger partial charge on any atom is -0.461 e. The Hall–Kier alpha value is -2.26. The molecule has 8 heteroatoms. The lowest BCUT2D eigenvalue weighted by Crippen LogP contribution is -2.52. The van der Waals surface area contributed by atoms with E-state index in [4.69, 9.17) is 14.7 Å². The van der Waals surface area contributed by atoms with Crippen molar-refractivity contribution < 1.29 is 24.3 Å². The van der Waals surface area contributed by atoms with Crippen molar-refractivity contribution in [2.45, 2.75) is 89.6 Å². The maximum atomic E-state index is 12.9. The third kappa shape index (κ3) is 9.72. The molecule has 8 nitrogen and oxygen atoms in total. The van der Waals surface area contributed by atoms with Gasteiger partial charge in [-0.1, -0.05) is 24.3 Å². The Labute approximate surface area is 209 Å². The number of likely N-dealkylation sites (tertiary alicyclic amines) is 1. The van der Waals surface area contributed by atoms with Gasteiger partial charge in [-0.05, 0) is 89.6 Å². The van der Waals surface area contributed by atoms with Gasteiger partial charge in [0.15, 0.2) is 0 Å². The van der Waals surface area contributed by atoms with Crippen molar-refractivity contribution >= 4 is 18.0 Å². The van der Waals surface area contributed by atoms with Gasteiger partial charge >= 0.3 is 5.97 Å². The summed E-state index contributed by atoms with van der Waals surface area (Å²) in [4.78, 5) is 26.4. The number of piperidine rings is 1. The van der Waals surface area contributed by atoms with Crippen LogP contribution in [0.2, 0.25) is 0 Å². The topological polar surface area (TPSA) is 100 Å². The number of hydrogen-bond donors (Lipinski definition) is 3. The summed E-state index contributed by atoms with van der Waals surface area (Å²) in [5.74, 6) is -0.737. The van der Waals surface area contributed by atoms with E-state index in [1.807, 2.05) is 32.9 Å². The highest BCUT2D eigenvalue weighted by Gasteiger charge is 2.30. The number of hydroxylamine groups is 1. The Balaban J connectivity index is 1.47. The van der Waals surface area contributed by atoms with Gasteiger partial charge in [-0.15, -0.1) is 0 Å². The van der Waals surface area contributed by atoms with Crippen molar-refractivity contribution in [3.63, 3.8) is 0 Å². The van der Waals surface area contributed by atoms with Crippen LogP contribution < -0.4 is 10.8 Å². The third-order valence-corrected chi connectivity index (χ3v) is 6.50. The Morgan fingerprint density at radius 1 is 1.11 bits per heavy atom. The summed E-state index contributed by atoms with van der Waals surface area (Å²) in [5.41, 5.74) is 3.37. The smallest absolute Gasteiger partial charge is 0.325 e. The molecule has 1 heterocycles. The first-order valence-electron chi connectivity index (χ1n) is 12.8. The van der Waals surface area contributed by atoms with Crippen LogP contribution in [0, 0.1) is 0 Å². The number of carbonyl (C=O) groups is 2. The Morgan fingerprint density at radius 3 is 2.37 bits per heavy atom. The fourth-order valence-corrected chi connectivity index (χ4v) is 4.51. The Kier molecular flexibility index (Phi) is 10.3. The van der Waals surface area contributed by atoms with Crippen LogP contribution in [0.1, 0.15) is 70.4 Å². The lowest BCUT2D eigenvalue weighted by atomic mass is 10.0. The fourth-order valence-electron chi connectivity index (χ4n) is 4.51. The highest BCUT2D eigenvalue weighted by atomic mass is 16.6. The maximum absolute atomic E-state index is 12.9. The van der Waals surface area contributed by atoms with Crippen molar-refractivity contribution in [2.75, 3.05) is 19.7 Å². The van der Waals surface area contributed by atoms with Crippen LogP contribution in [0.25, 0.3) is 6.08 Å². The number of nitrogens with zero attached hydrogens (tertiary/aromatic N) is 1. The molecule has 0 unspecified atom stereocenters. The zero-order valence-electron chi connectivity index (χ0n) is 21.3. The van der Waals surface area contributed by atoms with Crippen LogP contribution in [0.4, 0.5) is 0 Å². The SMILES string of the molecule is CC(C)(C)OC[C@H](NC1CCN(Cc2ccc(C=CC(=O)NO)cc2)CC1)C(=O)OC1CCCC1. The van der Waals surface area contributed by atoms with E-state index in [-0.39, 0.29) is 23.7 Å². The molecule has 3 rings (SSSR count). The molecule has 0 aromatic heterocycles. The fraction of sp³-hybridized carbons (Fsp3) is 0.630. The van der Waals surface area contributed by atoms with E-state index in [1.54, 1.807) is 11.6 Å². The molecule has 1 aliphatic heterocycles. The normalized spacial score (nSPS) is 19.2. The van der Waals surface area contributed by atoms with Gasteiger partial charge in [0.2, 0.25) is 0 Å². The molecular weight excluding hydrogens is 446 g/mol. The van der Waals surface area contributed by atoms with Gasteiger partial charge in [0.1, 0.15) is 12.1 Å². The van der Waals surface area contributed by atoms with Crippen molar-refractivity contribution in [3.8, 4) is 0 Å². The predicted octanol–water partition coefficient (Wildman–Crippen LogP) is 3.43. The first-order valence-corrected chi connectivity index (χ1v) is 12.8. The second-order valence-electron chi connectivity index (χ2n) is 10.6. The molecule has 1 saturated carbocycles. The number of carbonyl (C=O) groups excluding carboxylic acids is 2. The molecule has 1 amide bonds. The van der Waals surface area contributed by atoms with E-state index in [9.17, 15) is 9.59 Å². The second-order valence-corrected chi connectivity index (χ2v) is 10.6. The molecule has 1 aliphatic carbocycles. The van der Waals surface area contributed by atoms with Gasteiger partial charge in [0.25, 0.3) is 5.91 Å². The number of nitrogens with one attached hydrogen (secondary N) is 2. The number of esters is 1. The molecule has 1 aromatic carbocycles. The summed E-state index contributed by atoms with van der Waals surface area (Å²) in [5, 5.41) is 12.1. The maximum Gasteiger partial charge on any atom is 0.325 e. The minimum absolute atomic E-state index is 0.0528. The zero-order valence-corrected chi connectivity index (χ0v) is 21.3. The number of amides is 1. The van der Waals surface area contributed by atoms with E-state index in [0.29, 0.717) is 6.61 Å². The summed E-state index contributed by atoms with van der Waals surface area (Å²) < 4.78 is 11.7. The van der Waals surface area contributed by atoms with E-state index < -0.39 is 11.9 Å². The van der Waals surface area contributed by atoms with E-state index in [0.717, 1.165) is 63.7 Å². The van der Waals surface area contributed by atoms with Gasteiger partial charge in [0.05, 0.1) is 12.2 Å². The van der Waals surface area contributed by atoms with Crippen molar-refractivity contribution in [2.24, 2.45) is 0 Å². The molecule has 0 radical (unpaired) electrons. The molecule has 1 saturated heterocycles. The molecule has 1 aromatic rings. The lowest BCUT2D eigenvalue weighted by Gasteiger charge is -2.35. The third-order valence-electron chi connectivity index (χ3n) is 6.50. The molecule has 2 aliphatic rings. The van der Waals surface area contributed by atoms with Crippen LogP contribution in [-0.4, -0.2) is 65.5 Å². The molecular formula is C27H41N3O5. The molecule has 35 heavy (non-hydrogen) atoms. The van der Waals surface area contributed by atoms with Crippen molar-refractivity contribution in [1.29, 1.82) is 0 Å². The van der Waals surface area contributed by atoms with Crippen LogP contribution in [0.3, 0.4) is 0 Å². The van der Waals surface area contributed by atoms with Crippen LogP contribution in [0.5, 0.6) is 0 Å². The molecule has 3 N–H and O–H groups in total. The Morgan fingerprint density at radius 2 is 1.77 bits per heavy atom. The highest BCUT2D eigenvalue weighted by molar-refractivity contribution is 5.90. The average molecular weight is 488 g/mol. The summed E-state index contributed by atoms with van der Waals surface area (Å²) in [6, 6.07) is 7.83. The standard InChI is InChI=1S/C27H41N3O5/c1-27(2,3)34-19-24(26(32)35-23-6-4-5-7-23)28-22-14-16-30(17-15-22)18-21-10-8-20(9-11-21)12-13-25(31)29-33/h8-13,22-24,28,33H,4-7,14-19H2,1-3H3,(H,29,31)/t24-/m0/s1. The van der Waals surface area contributed by atoms with Crippen LogP contribution >= 0.6 is 0 Å². The molecule has 1 atom stereocenters.